The van der Waals surface area contributed by atoms with Gasteiger partial charge in [0.2, 0.25) is 0 Å². The summed E-state index contributed by atoms with van der Waals surface area (Å²) in [5, 5.41) is 12.3. The Morgan fingerprint density at radius 2 is 1.74 bits per heavy atom. The fourth-order valence-electron chi connectivity index (χ4n) is 1.80. The largest absolute Gasteiger partial charge is 0.394 e. The summed E-state index contributed by atoms with van der Waals surface area (Å²) in [5.74, 6) is -0.173. The van der Waals surface area contributed by atoms with Gasteiger partial charge in [-0.05, 0) is 40.3 Å². The van der Waals surface area contributed by atoms with Crippen LogP contribution in [-0.2, 0) is 0 Å². The maximum absolute atomic E-state index is 12.2. The molecule has 0 spiro atoms. The molecule has 0 saturated heterocycles. The molecule has 19 heavy (non-hydrogen) atoms. The number of carbonyl (C=O) groups is 1. The first kappa shape index (κ1) is 14.0. The maximum atomic E-state index is 12.2. The molecule has 0 fully saturated rings. The number of benzene rings is 2. The van der Waals surface area contributed by atoms with Crippen LogP contribution in [0.5, 0.6) is 0 Å². The van der Waals surface area contributed by atoms with Crippen LogP contribution in [0.4, 0.5) is 0 Å². The van der Waals surface area contributed by atoms with Gasteiger partial charge < -0.3 is 10.4 Å². The Morgan fingerprint density at radius 3 is 2.37 bits per heavy atom. The van der Waals surface area contributed by atoms with Crippen LogP contribution in [-0.4, -0.2) is 17.6 Å². The van der Waals surface area contributed by atoms with Gasteiger partial charge in [0.15, 0.2) is 0 Å². The molecule has 0 unspecified atom stereocenters. The third-order valence-electron chi connectivity index (χ3n) is 2.81. The molecule has 0 saturated carbocycles. The third-order valence-corrected chi connectivity index (χ3v) is 3.75. The molecule has 0 radical (unpaired) electrons. The van der Waals surface area contributed by atoms with Gasteiger partial charge >= 0.3 is 0 Å². The first-order valence-corrected chi connectivity index (χ1v) is 7.01. The van der Waals surface area contributed by atoms with E-state index in [0.717, 1.165) is 9.13 Å². The minimum Gasteiger partial charge on any atom is -0.394 e. The van der Waals surface area contributed by atoms with Gasteiger partial charge in [-0.3, -0.25) is 4.79 Å². The molecule has 1 amide bonds. The number of hydrogen-bond acceptors (Lipinski definition) is 2. The molecule has 1 atom stereocenters. The van der Waals surface area contributed by atoms with Gasteiger partial charge in [0, 0.05) is 3.57 Å². The summed E-state index contributed by atoms with van der Waals surface area (Å²) in [4.78, 5) is 12.2. The van der Waals surface area contributed by atoms with E-state index in [1.165, 1.54) is 0 Å². The zero-order valence-electron chi connectivity index (χ0n) is 10.2. The van der Waals surface area contributed by atoms with Crippen molar-refractivity contribution in [2.24, 2.45) is 0 Å². The average Bonchev–Trinajstić information content (AvgIpc) is 2.46. The summed E-state index contributed by atoms with van der Waals surface area (Å²) in [6.45, 7) is -0.126. The number of rotatable bonds is 4. The second-order valence-electron chi connectivity index (χ2n) is 4.10. The van der Waals surface area contributed by atoms with Gasteiger partial charge in [-0.25, -0.2) is 0 Å². The fraction of sp³-hybridized carbons (Fsp3) is 0.133. The van der Waals surface area contributed by atoms with Gasteiger partial charge in [-0.2, -0.15) is 0 Å². The summed E-state index contributed by atoms with van der Waals surface area (Å²) < 4.78 is 0.891. The smallest absolute Gasteiger partial charge is 0.252 e. The van der Waals surface area contributed by atoms with Crippen molar-refractivity contribution in [3.05, 3.63) is 69.3 Å². The molecule has 2 N–H and O–H groups in total. The number of halogens is 1. The summed E-state index contributed by atoms with van der Waals surface area (Å²) >= 11 is 2.13. The number of aliphatic hydroxyl groups excluding tert-OH is 1. The molecule has 0 bridgehead atoms. The lowest BCUT2D eigenvalue weighted by molar-refractivity contribution is 0.0915. The van der Waals surface area contributed by atoms with Gasteiger partial charge in [-0.1, -0.05) is 42.5 Å². The molecular weight excluding hydrogens is 353 g/mol. The summed E-state index contributed by atoms with van der Waals surface area (Å²) in [5.41, 5.74) is 1.52. The standard InChI is InChI=1S/C15H14INO2/c16-13-9-5-4-8-12(13)15(19)17-14(10-18)11-6-2-1-3-7-11/h1-9,14,18H,10H2,(H,17,19)/t14-/m1/s1. The molecule has 0 aliphatic carbocycles. The van der Waals surface area contributed by atoms with Gasteiger partial charge in [0.1, 0.15) is 0 Å². The minimum absolute atomic E-state index is 0.126. The molecule has 0 heterocycles. The Hall–Kier alpha value is -1.40. The predicted molar refractivity (Wildman–Crippen MR) is 82.9 cm³/mol. The van der Waals surface area contributed by atoms with Crippen LogP contribution < -0.4 is 5.32 Å². The van der Waals surface area contributed by atoms with Crippen molar-refractivity contribution < 1.29 is 9.90 Å². The number of nitrogens with one attached hydrogen (secondary N) is 1. The number of aliphatic hydroxyl groups is 1. The van der Waals surface area contributed by atoms with E-state index >= 15 is 0 Å². The highest BCUT2D eigenvalue weighted by molar-refractivity contribution is 14.1. The van der Waals surface area contributed by atoms with Crippen molar-refractivity contribution in [1.82, 2.24) is 5.32 Å². The van der Waals surface area contributed by atoms with E-state index in [1.807, 2.05) is 48.5 Å². The molecule has 3 nitrogen and oxygen atoms in total. The Bertz CT molecular complexity index is 557. The van der Waals surface area contributed by atoms with E-state index in [1.54, 1.807) is 6.07 Å². The van der Waals surface area contributed by atoms with Crippen molar-refractivity contribution in [2.45, 2.75) is 6.04 Å². The summed E-state index contributed by atoms with van der Waals surface area (Å²) in [7, 11) is 0. The lowest BCUT2D eigenvalue weighted by Gasteiger charge is -2.17. The quantitative estimate of drug-likeness (QED) is 0.817. The molecule has 2 aromatic rings. The Kier molecular flexibility index (Phi) is 4.93. The molecule has 0 aliphatic heterocycles. The zero-order chi connectivity index (χ0) is 13.7. The second-order valence-corrected chi connectivity index (χ2v) is 5.26. The van der Waals surface area contributed by atoms with Crippen LogP contribution in [0.15, 0.2) is 54.6 Å². The fourth-order valence-corrected chi connectivity index (χ4v) is 2.43. The van der Waals surface area contributed by atoms with Crippen molar-refractivity contribution in [3.63, 3.8) is 0 Å². The molecule has 4 heteroatoms. The van der Waals surface area contributed by atoms with Crippen LogP contribution >= 0.6 is 22.6 Å². The van der Waals surface area contributed by atoms with E-state index in [4.69, 9.17) is 0 Å². The van der Waals surface area contributed by atoms with E-state index in [9.17, 15) is 9.90 Å². The topological polar surface area (TPSA) is 49.3 Å². The Balaban J connectivity index is 2.16. The van der Waals surface area contributed by atoms with Gasteiger partial charge in [0.05, 0.1) is 18.2 Å². The first-order chi connectivity index (χ1) is 9.22. The maximum Gasteiger partial charge on any atom is 0.252 e. The van der Waals surface area contributed by atoms with Crippen LogP contribution in [0.2, 0.25) is 0 Å². The summed E-state index contributed by atoms with van der Waals surface area (Å²) in [6.07, 6.45) is 0. The second kappa shape index (κ2) is 6.68. The molecule has 2 aromatic carbocycles. The molecule has 98 valence electrons. The van der Waals surface area contributed by atoms with E-state index in [0.29, 0.717) is 5.56 Å². The summed E-state index contributed by atoms with van der Waals surface area (Å²) in [6, 6.07) is 16.4. The first-order valence-electron chi connectivity index (χ1n) is 5.93. The lowest BCUT2D eigenvalue weighted by atomic mass is 10.1. The van der Waals surface area contributed by atoms with E-state index in [2.05, 4.69) is 27.9 Å². The van der Waals surface area contributed by atoms with Crippen molar-refractivity contribution >= 4 is 28.5 Å². The molecule has 2 rings (SSSR count). The van der Waals surface area contributed by atoms with E-state index in [-0.39, 0.29) is 18.6 Å². The van der Waals surface area contributed by atoms with Gasteiger partial charge in [0.25, 0.3) is 5.91 Å². The van der Waals surface area contributed by atoms with Crippen LogP contribution in [0.3, 0.4) is 0 Å². The highest BCUT2D eigenvalue weighted by atomic mass is 127. The number of carbonyl (C=O) groups excluding carboxylic acids is 1. The Morgan fingerprint density at radius 1 is 1.11 bits per heavy atom. The number of amides is 1. The predicted octanol–water partition coefficient (Wildman–Crippen LogP) is 2.75. The lowest BCUT2D eigenvalue weighted by Crippen LogP contribution is -2.31. The average molecular weight is 367 g/mol. The van der Waals surface area contributed by atoms with Gasteiger partial charge in [-0.15, -0.1) is 0 Å². The highest BCUT2D eigenvalue weighted by Crippen LogP contribution is 2.15. The SMILES string of the molecule is O=C(N[C@H](CO)c1ccccc1)c1ccccc1I. The monoisotopic (exact) mass is 367 g/mol. The highest BCUT2D eigenvalue weighted by Gasteiger charge is 2.16. The van der Waals surface area contributed by atoms with Crippen LogP contribution in [0.25, 0.3) is 0 Å². The van der Waals surface area contributed by atoms with Crippen molar-refractivity contribution in [3.8, 4) is 0 Å². The normalized spacial score (nSPS) is 11.9. The van der Waals surface area contributed by atoms with Crippen molar-refractivity contribution in [1.29, 1.82) is 0 Å². The van der Waals surface area contributed by atoms with Crippen molar-refractivity contribution in [2.75, 3.05) is 6.61 Å². The Labute approximate surface area is 125 Å². The molecule has 0 aromatic heterocycles. The molecular formula is C15H14INO2. The van der Waals surface area contributed by atoms with Crippen LogP contribution in [0.1, 0.15) is 22.0 Å². The zero-order valence-corrected chi connectivity index (χ0v) is 12.4. The number of hydrogen-bond donors (Lipinski definition) is 2. The third kappa shape index (κ3) is 3.54. The van der Waals surface area contributed by atoms with E-state index < -0.39 is 0 Å². The molecule has 0 aliphatic rings. The minimum atomic E-state index is -0.385. The van der Waals surface area contributed by atoms with Crippen LogP contribution in [0, 0.1) is 3.57 Å².